The van der Waals surface area contributed by atoms with Crippen molar-refractivity contribution >= 4 is 28.1 Å². The highest BCUT2D eigenvalue weighted by Gasteiger charge is 2.04. The molecule has 2 aromatic carbocycles. The van der Waals surface area contributed by atoms with Gasteiger partial charge in [-0.3, -0.25) is 0 Å². The van der Waals surface area contributed by atoms with Crippen molar-refractivity contribution in [1.82, 2.24) is 15.2 Å². The monoisotopic (exact) mass is 413 g/mol. The van der Waals surface area contributed by atoms with Gasteiger partial charge < -0.3 is 9.47 Å². The third-order valence-electron chi connectivity index (χ3n) is 3.50. The average Bonchev–Trinajstić information content (AvgIpc) is 2.68. The summed E-state index contributed by atoms with van der Waals surface area (Å²) in [4.78, 5) is 4.41. The van der Waals surface area contributed by atoms with Gasteiger partial charge in [-0.05, 0) is 42.5 Å². The van der Waals surface area contributed by atoms with Crippen molar-refractivity contribution < 1.29 is 9.47 Å². The number of nitrogens with one attached hydrogen (secondary N) is 1. The molecule has 0 fully saturated rings. The topological polar surface area (TPSA) is 81.5 Å². The summed E-state index contributed by atoms with van der Waals surface area (Å²) in [5.41, 5.74) is 5.18. The molecule has 3 rings (SSSR count). The first-order valence-corrected chi connectivity index (χ1v) is 8.45. The largest absolute Gasteiger partial charge is 0.497 e. The number of nitrogens with zero attached hydrogens (tertiary/aromatic N) is 4. The van der Waals surface area contributed by atoms with E-state index in [2.05, 4.69) is 41.6 Å². The van der Waals surface area contributed by atoms with Gasteiger partial charge in [0.25, 0.3) is 5.95 Å². The van der Waals surface area contributed by atoms with Crippen LogP contribution in [0.5, 0.6) is 11.5 Å². The Morgan fingerprint density at radius 3 is 2.62 bits per heavy atom. The molecule has 26 heavy (non-hydrogen) atoms. The zero-order valence-corrected chi connectivity index (χ0v) is 15.8. The first-order valence-electron chi connectivity index (χ1n) is 7.66. The Labute approximate surface area is 159 Å². The van der Waals surface area contributed by atoms with Crippen molar-refractivity contribution in [1.29, 1.82) is 0 Å². The van der Waals surface area contributed by atoms with Crippen molar-refractivity contribution in [3.8, 4) is 22.8 Å². The Morgan fingerprint density at radius 1 is 1.08 bits per heavy atom. The maximum Gasteiger partial charge on any atom is 0.263 e. The number of methoxy groups -OCH3 is 2. The Morgan fingerprint density at radius 2 is 1.88 bits per heavy atom. The molecular formula is C18H16BrN5O2. The highest BCUT2D eigenvalue weighted by atomic mass is 79.9. The van der Waals surface area contributed by atoms with Crippen LogP contribution in [0.3, 0.4) is 0 Å². The van der Waals surface area contributed by atoms with Crippen LogP contribution in [0.4, 0.5) is 5.95 Å². The number of benzene rings is 2. The van der Waals surface area contributed by atoms with Gasteiger partial charge in [0, 0.05) is 15.6 Å². The molecule has 0 amide bonds. The van der Waals surface area contributed by atoms with E-state index in [1.165, 1.54) is 0 Å². The average molecular weight is 414 g/mol. The standard InChI is InChI=1S/C18H16BrN5O2/c1-25-15-6-3-12(4-7-15)16-11-21-24-18(22-16)23-20-10-13-9-14(19)5-8-17(13)26-2/h3-11H,1-2H3,(H,22,23,24)/b20-10+. The van der Waals surface area contributed by atoms with Gasteiger partial charge in [-0.1, -0.05) is 15.9 Å². The zero-order valence-electron chi connectivity index (χ0n) is 14.2. The number of rotatable bonds is 6. The molecule has 0 saturated heterocycles. The van der Waals surface area contributed by atoms with Crippen LogP contribution in [0.15, 0.2) is 58.2 Å². The number of hydrazone groups is 1. The summed E-state index contributed by atoms with van der Waals surface area (Å²) < 4.78 is 11.4. The van der Waals surface area contributed by atoms with Crippen LogP contribution in [0.1, 0.15) is 5.56 Å². The van der Waals surface area contributed by atoms with E-state index in [0.29, 0.717) is 17.4 Å². The van der Waals surface area contributed by atoms with Crippen molar-refractivity contribution in [2.24, 2.45) is 5.10 Å². The van der Waals surface area contributed by atoms with Gasteiger partial charge in [0.2, 0.25) is 0 Å². The third kappa shape index (κ3) is 4.34. The van der Waals surface area contributed by atoms with Crippen LogP contribution in [0.2, 0.25) is 0 Å². The van der Waals surface area contributed by atoms with E-state index < -0.39 is 0 Å². The number of ether oxygens (including phenoxy) is 2. The molecule has 0 saturated carbocycles. The number of halogens is 1. The van der Waals surface area contributed by atoms with Gasteiger partial charge in [-0.25, -0.2) is 10.4 Å². The van der Waals surface area contributed by atoms with Crippen LogP contribution in [0, 0.1) is 0 Å². The maximum atomic E-state index is 5.31. The van der Waals surface area contributed by atoms with Gasteiger partial charge in [-0.2, -0.15) is 10.2 Å². The molecule has 8 heteroatoms. The molecule has 0 aliphatic heterocycles. The van der Waals surface area contributed by atoms with Crippen molar-refractivity contribution in [2.45, 2.75) is 0 Å². The molecule has 7 nitrogen and oxygen atoms in total. The Bertz CT molecular complexity index is 916. The number of hydrogen-bond acceptors (Lipinski definition) is 7. The summed E-state index contributed by atoms with van der Waals surface area (Å²) in [6, 6.07) is 13.2. The van der Waals surface area contributed by atoms with Gasteiger partial charge in [0.05, 0.1) is 32.3 Å². The molecule has 1 N–H and O–H groups in total. The molecule has 0 unspecified atom stereocenters. The fourth-order valence-electron chi connectivity index (χ4n) is 2.22. The lowest BCUT2D eigenvalue weighted by Crippen LogP contribution is -2.00. The summed E-state index contributed by atoms with van der Waals surface area (Å²) in [5.74, 6) is 1.79. The molecule has 132 valence electrons. The maximum absolute atomic E-state index is 5.31. The molecule has 0 spiro atoms. The van der Waals surface area contributed by atoms with Crippen LogP contribution in [-0.4, -0.2) is 35.6 Å². The Hall–Kier alpha value is -3.00. The van der Waals surface area contributed by atoms with E-state index in [0.717, 1.165) is 21.3 Å². The van der Waals surface area contributed by atoms with E-state index in [1.54, 1.807) is 26.6 Å². The second-order valence-electron chi connectivity index (χ2n) is 5.15. The summed E-state index contributed by atoms with van der Waals surface area (Å²) in [7, 11) is 3.24. The number of aromatic nitrogens is 3. The number of hydrogen-bond donors (Lipinski definition) is 1. The summed E-state index contributed by atoms with van der Waals surface area (Å²) in [6.45, 7) is 0. The minimum atomic E-state index is 0.295. The predicted molar refractivity (Wildman–Crippen MR) is 104 cm³/mol. The second-order valence-corrected chi connectivity index (χ2v) is 6.07. The molecule has 0 radical (unpaired) electrons. The molecule has 0 atom stereocenters. The fourth-order valence-corrected chi connectivity index (χ4v) is 2.60. The smallest absolute Gasteiger partial charge is 0.263 e. The first kappa shape index (κ1) is 17.8. The molecule has 1 aromatic heterocycles. The molecule has 1 heterocycles. The van der Waals surface area contributed by atoms with Crippen LogP contribution in [-0.2, 0) is 0 Å². The van der Waals surface area contributed by atoms with Crippen LogP contribution < -0.4 is 14.9 Å². The minimum Gasteiger partial charge on any atom is -0.497 e. The van der Waals surface area contributed by atoms with Gasteiger partial charge in [-0.15, -0.1) is 5.10 Å². The van der Waals surface area contributed by atoms with E-state index >= 15 is 0 Å². The Balaban J connectivity index is 1.75. The molecule has 0 aliphatic rings. The highest BCUT2D eigenvalue weighted by molar-refractivity contribution is 9.10. The lowest BCUT2D eigenvalue weighted by Gasteiger charge is -2.05. The number of anilines is 1. The summed E-state index contributed by atoms with van der Waals surface area (Å²) in [6.07, 6.45) is 3.22. The van der Waals surface area contributed by atoms with E-state index in [1.807, 2.05) is 42.5 Å². The Kier molecular flexibility index (Phi) is 5.75. The molecule has 0 bridgehead atoms. The predicted octanol–water partition coefficient (Wildman–Crippen LogP) is 3.76. The van der Waals surface area contributed by atoms with Gasteiger partial charge in [0.15, 0.2) is 0 Å². The van der Waals surface area contributed by atoms with Gasteiger partial charge >= 0.3 is 0 Å². The fraction of sp³-hybridized carbons (Fsp3) is 0.111. The normalized spacial score (nSPS) is 10.7. The zero-order chi connectivity index (χ0) is 18.4. The lowest BCUT2D eigenvalue weighted by molar-refractivity contribution is 0.414. The van der Waals surface area contributed by atoms with Crippen molar-refractivity contribution in [3.05, 3.63) is 58.7 Å². The molecule has 3 aromatic rings. The van der Waals surface area contributed by atoms with Crippen molar-refractivity contribution in [2.75, 3.05) is 19.6 Å². The third-order valence-corrected chi connectivity index (χ3v) is 4.00. The van der Waals surface area contributed by atoms with Crippen LogP contribution >= 0.6 is 15.9 Å². The summed E-state index contributed by atoms with van der Waals surface area (Å²) >= 11 is 3.43. The quantitative estimate of drug-likeness (QED) is 0.489. The summed E-state index contributed by atoms with van der Waals surface area (Å²) in [5, 5.41) is 12.1. The van der Waals surface area contributed by atoms with Crippen molar-refractivity contribution in [3.63, 3.8) is 0 Å². The molecular weight excluding hydrogens is 398 g/mol. The minimum absolute atomic E-state index is 0.295. The second kappa shape index (κ2) is 8.39. The van der Waals surface area contributed by atoms with Crippen LogP contribution in [0.25, 0.3) is 11.3 Å². The van der Waals surface area contributed by atoms with E-state index in [9.17, 15) is 0 Å². The van der Waals surface area contributed by atoms with E-state index in [-0.39, 0.29) is 0 Å². The highest BCUT2D eigenvalue weighted by Crippen LogP contribution is 2.22. The van der Waals surface area contributed by atoms with Gasteiger partial charge in [0.1, 0.15) is 11.5 Å². The lowest BCUT2D eigenvalue weighted by atomic mass is 10.1. The SMILES string of the molecule is COc1ccc(-c2cnnc(N/N=C/c3cc(Br)ccc3OC)n2)cc1. The van der Waals surface area contributed by atoms with E-state index in [4.69, 9.17) is 9.47 Å². The first-order chi connectivity index (χ1) is 12.7. The molecule has 0 aliphatic carbocycles.